The molecule has 25 heavy (non-hydrogen) atoms. The average Bonchev–Trinajstić information content (AvgIpc) is 2.54. The molecule has 6 nitrogen and oxygen atoms in total. The predicted octanol–water partition coefficient (Wildman–Crippen LogP) is 2.10. The van der Waals surface area contributed by atoms with Gasteiger partial charge in [-0.05, 0) is 37.8 Å². The lowest BCUT2D eigenvalue weighted by Crippen LogP contribution is -2.37. The molecule has 3 N–H and O–H groups in total. The molecule has 0 saturated carbocycles. The number of carbonyl (C=O) groups is 1. The average molecular weight is 360 g/mol. The maximum absolute atomic E-state index is 12.6. The van der Waals surface area contributed by atoms with E-state index in [1.165, 1.54) is 6.07 Å². The van der Waals surface area contributed by atoms with E-state index < -0.39 is 11.7 Å². The summed E-state index contributed by atoms with van der Waals surface area (Å²) in [5.74, 6) is 0.549. The SMILES string of the molecule is CC(N)CONC(=O)CC1CCN(c2ccc(C(F)(F)F)cn2)CC1. The number of carbonyl (C=O) groups excluding carboxylic acids is 1. The number of amides is 1. The van der Waals surface area contributed by atoms with E-state index in [-0.39, 0.29) is 24.5 Å². The number of hydrogen-bond acceptors (Lipinski definition) is 5. The Morgan fingerprint density at radius 2 is 2.12 bits per heavy atom. The molecule has 2 heterocycles. The number of alkyl halides is 3. The molecule has 1 amide bonds. The molecule has 1 aliphatic heterocycles. The third-order valence-corrected chi connectivity index (χ3v) is 4.02. The van der Waals surface area contributed by atoms with Gasteiger partial charge in [0.25, 0.3) is 0 Å². The van der Waals surface area contributed by atoms with Gasteiger partial charge in [0.05, 0.1) is 12.2 Å². The van der Waals surface area contributed by atoms with Gasteiger partial charge in [-0.25, -0.2) is 10.5 Å². The fraction of sp³-hybridized carbons (Fsp3) is 0.625. The van der Waals surface area contributed by atoms with Crippen LogP contribution < -0.4 is 16.1 Å². The molecule has 1 aliphatic rings. The zero-order valence-electron chi connectivity index (χ0n) is 14.1. The van der Waals surface area contributed by atoms with E-state index in [9.17, 15) is 18.0 Å². The zero-order valence-corrected chi connectivity index (χ0v) is 14.1. The van der Waals surface area contributed by atoms with Crippen LogP contribution in [0.3, 0.4) is 0 Å². The highest BCUT2D eigenvalue weighted by atomic mass is 19.4. The lowest BCUT2D eigenvalue weighted by molar-refractivity contribution is -0.138. The number of anilines is 1. The Morgan fingerprint density at radius 3 is 2.64 bits per heavy atom. The first-order chi connectivity index (χ1) is 11.8. The highest BCUT2D eigenvalue weighted by Gasteiger charge is 2.31. The van der Waals surface area contributed by atoms with Crippen molar-refractivity contribution in [2.75, 3.05) is 24.6 Å². The second kappa shape index (κ2) is 8.48. The van der Waals surface area contributed by atoms with Crippen LogP contribution in [-0.2, 0) is 15.8 Å². The van der Waals surface area contributed by atoms with Gasteiger partial charge in [0.1, 0.15) is 5.82 Å². The molecule has 0 bridgehead atoms. The maximum atomic E-state index is 12.6. The summed E-state index contributed by atoms with van der Waals surface area (Å²) < 4.78 is 37.7. The molecule has 0 aromatic carbocycles. The number of nitrogens with zero attached hydrogens (tertiary/aromatic N) is 2. The summed E-state index contributed by atoms with van der Waals surface area (Å²) in [7, 11) is 0. The Balaban J connectivity index is 1.76. The lowest BCUT2D eigenvalue weighted by Gasteiger charge is -2.32. The number of rotatable bonds is 6. The molecule has 9 heteroatoms. The van der Waals surface area contributed by atoms with E-state index in [4.69, 9.17) is 10.6 Å². The fourth-order valence-electron chi connectivity index (χ4n) is 2.66. The minimum absolute atomic E-state index is 0.153. The molecule has 2 rings (SSSR count). The quantitative estimate of drug-likeness (QED) is 0.760. The Hall–Kier alpha value is -1.87. The van der Waals surface area contributed by atoms with E-state index in [1.54, 1.807) is 6.92 Å². The smallest absolute Gasteiger partial charge is 0.357 e. The van der Waals surface area contributed by atoms with Crippen LogP contribution in [0.1, 0.15) is 31.7 Å². The summed E-state index contributed by atoms with van der Waals surface area (Å²) in [4.78, 5) is 22.6. The van der Waals surface area contributed by atoms with Crippen molar-refractivity contribution in [1.82, 2.24) is 10.5 Å². The molecule has 0 radical (unpaired) electrons. The molecule has 1 atom stereocenters. The third kappa shape index (κ3) is 6.17. The molecule has 0 spiro atoms. The summed E-state index contributed by atoms with van der Waals surface area (Å²) in [6.07, 6.45) is -1.64. The molecule has 1 aromatic heterocycles. The highest BCUT2D eigenvalue weighted by molar-refractivity contribution is 5.75. The number of hydroxylamine groups is 1. The second-order valence-electron chi connectivity index (χ2n) is 6.35. The van der Waals surface area contributed by atoms with Gasteiger partial charge in [-0.15, -0.1) is 0 Å². The number of hydrogen-bond donors (Lipinski definition) is 2. The van der Waals surface area contributed by atoms with Crippen LogP contribution in [0.25, 0.3) is 0 Å². The highest BCUT2D eigenvalue weighted by Crippen LogP contribution is 2.30. The summed E-state index contributed by atoms with van der Waals surface area (Å²) in [6.45, 7) is 3.33. The Morgan fingerprint density at radius 1 is 1.44 bits per heavy atom. The number of aromatic nitrogens is 1. The van der Waals surface area contributed by atoms with Crippen LogP contribution in [0, 0.1) is 5.92 Å². The predicted molar refractivity (Wildman–Crippen MR) is 86.5 cm³/mol. The third-order valence-electron chi connectivity index (χ3n) is 4.02. The number of nitrogens with one attached hydrogen (secondary N) is 1. The molecule has 0 aliphatic carbocycles. The van der Waals surface area contributed by atoms with E-state index in [2.05, 4.69) is 10.5 Å². The van der Waals surface area contributed by atoms with Gasteiger partial charge in [-0.3, -0.25) is 9.63 Å². The van der Waals surface area contributed by atoms with Crippen LogP contribution in [0.5, 0.6) is 0 Å². The van der Waals surface area contributed by atoms with Gasteiger partial charge < -0.3 is 10.6 Å². The van der Waals surface area contributed by atoms with Crippen LogP contribution in [0.2, 0.25) is 0 Å². The van der Waals surface area contributed by atoms with Crippen LogP contribution >= 0.6 is 0 Å². The molecule has 140 valence electrons. The van der Waals surface area contributed by atoms with E-state index >= 15 is 0 Å². The van der Waals surface area contributed by atoms with Crippen molar-refractivity contribution >= 4 is 11.7 Å². The van der Waals surface area contributed by atoms with Crippen molar-refractivity contribution in [1.29, 1.82) is 0 Å². The number of halogens is 3. The number of piperidine rings is 1. The fourth-order valence-corrected chi connectivity index (χ4v) is 2.66. The van der Waals surface area contributed by atoms with Crippen molar-refractivity contribution in [3.8, 4) is 0 Å². The van der Waals surface area contributed by atoms with Gasteiger partial charge in [-0.1, -0.05) is 0 Å². The molecule has 1 fully saturated rings. The van der Waals surface area contributed by atoms with Gasteiger partial charge >= 0.3 is 6.18 Å². The van der Waals surface area contributed by atoms with Crippen molar-refractivity contribution < 1.29 is 22.8 Å². The zero-order chi connectivity index (χ0) is 18.4. The van der Waals surface area contributed by atoms with Gasteiger partial charge in [0, 0.05) is 31.7 Å². The Labute approximate surface area is 144 Å². The van der Waals surface area contributed by atoms with Crippen molar-refractivity contribution in [3.05, 3.63) is 23.9 Å². The molecular weight excluding hydrogens is 337 g/mol. The minimum Gasteiger partial charge on any atom is -0.357 e. The van der Waals surface area contributed by atoms with Gasteiger partial charge in [0.2, 0.25) is 5.91 Å². The van der Waals surface area contributed by atoms with E-state index in [0.29, 0.717) is 25.3 Å². The Kier molecular flexibility index (Phi) is 6.60. The first-order valence-electron chi connectivity index (χ1n) is 8.20. The summed E-state index contributed by atoms with van der Waals surface area (Å²) in [5.41, 5.74) is 7.13. The topological polar surface area (TPSA) is 80.5 Å². The van der Waals surface area contributed by atoms with Crippen molar-refractivity contribution in [2.45, 2.75) is 38.4 Å². The molecular formula is C16H23F3N4O2. The maximum Gasteiger partial charge on any atom is 0.417 e. The number of nitrogens with two attached hydrogens (primary N) is 1. The normalized spacial score (nSPS) is 17.4. The molecule has 1 aromatic rings. The standard InChI is InChI=1S/C16H23F3N4O2/c1-11(20)10-25-22-15(24)8-12-4-6-23(7-5-12)14-3-2-13(9-21-14)16(17,18)19/h2-3,9,11-12H,4-8,10,20H2,1H3,(H,22,24). The summed E-state index contributed by atoms with van der Waals surface area (Å²) >= 11 is 0. The van der Waals surface area contributed by atoms with Crippen molar-refractivity contribution in [2.24, 2.45) is 11.7 Å². The summed E-state index contributed by atoms with van der Waals surface area (Å²) in [5, 5.41) is 0. The van der Waals surface area contributed by atoms with Crippen molar-refractivity contribution in [3.63, 3.8) is 0 Å². The second-order valence-corrected chi connectivity index (χ2v) is 6.35. The number of pyridine rings is 1. The monoisotopic (exact) mass is 360 g/mol. The molecule has 1 unspecified atom stereocenters. The van der Waals surface area contributed by atoms with Crippen LogP contribution in [-0.4, -0.2) is 36.6 Å². The minimum atomic E-state index is -4.38. The van der Waals surface area contributed by atoms with E-state index in [0.717, 1.165) is 25.1 Å². The van der Waals surface area contributed by atoms with Crippen LogP contribution in [0.15, 0.2) is 18.3 Å². The molecule has 1 saturated heterocycles. The van der Waals surface area contributed by atoms with E-state index in [1.807, 2.05) is 4.90 Å². The Bertz CT molecular complexity index is 555. The first-order valence-corrected chi connectivity index (χ1v) is 8.20. The first kappa shape index (κ1) is 19.5. The van der Waals surface area contributed by atoms with Gasteiger partial charge in [-0.2, -0.15) is 13.2 Å². The lowest BCUT2D eigenvalue weighted by atomic mass is 9.93. The largest absolute Gasteiger partial charge is 0.417 e. The van der Waals surface area contributed by atoms with Gasteiger partial charge in [0.15, 0.2) is 0 Å². The summed E-state index contributed by atoms with van der Waals surface area (Å²) in [6, 6.07) is 2.27. The van der Waals surface area contributed by atoms with Crippen LogP contribution in [0.4, 0.5) is 19.0 Å².